The molecule has 0 aliphatic carbocycles. The first-order valence-corrected chi connectivity index (χ1v) is 11.9. The molecule has 8 heteroatoms. The van der Waals surface area contributed by atoms with Crippen molar-refractivity contribution in [3.05, 3.63) is 114 Å². The summed E-state index contributed by atoms with van der Waals surface area (Å²) in [5.74, 6) is 0.868. The molecule has 0 bridgehead atoms. The number of nitrogens with one attached hydrogen (secondary N) is 1. The van der Waals surface area contributed by atoms with Crippen LogP contribution in [0.15, 0.2) is 86.1 Å². The second kappa shape index (κ2) is 8.88. The molecule has 176 valence electrons. The zero-order chi connectivity index (χ0) is 24.7. The molecular weight excluding hydrogens is 462 g/mol. The van der Waals surface area contributed by atoms with Crippen molar-refractivity contribution in [3.63, 3.8) is 0 Å². The normalized spacial score (nSPS) is 15.6. The topological polar surface area (TPSA) is 96.8 Å². The molecule has 1 aliphatic rings. The minimum atomic E-state index is -0.782. The van der Waals surface area contributed by atoms with E-state index in [1.165, 1.54) is 15.9 Å². The van der Waals surface area contributed by atoms with Gasteiger partial charge in [0.2, 0.25) is 0 Å². The van der Waals surface area contributed by atoms with E-state index in [9.17, 15) is 14.7 Å². The molecule has 2 aromatic carbocycles. The Balaban J connectivity index is 1.68. The molecule has 1 unspecified atom stereocenters. The summed E-state index contributed by atoms with van der Waals surface area (Å²) < 4.78 is 7.81. The molecule has 1 amide bonds. The number of carbonyl (C=O) groups excluding carboxylic acids is 1. The number of anilines is 1. The third-order valence-electron chi connectivity index (χ3n) is 5.91. The SMILES string of the molecule is CC1=C(C(=O)Nc2ccccc2C)C(c2ccc(C)o2)n2c(s/c(=C\c3ccccc3O)c2=O)=N1. The molecule has 5 rings (SSSR count). The van der Waals surface area contributed by atoms with Gasteiger partial charge in [-0.1, -0.05) is 47.7 Å². The fourth-order valence-corrected chi connectivity index (χ4v) is 5.17. The summed E-state index contributed by atoms with van der Waals surface area (Å²) in [5.41, 5.74) is 2.66. The van der Waals surface area contributed by atoms with E-state index < -0.39 is 6.04 Å². The van der Waals surface area contributed by atoms with Gasteiger partial charge in [-0.15, -0.1) is 0 Å². The largest absolute Gasteiger partial charge is 0.507 e. The number of aromatic hydroxyl groups is 1. The van der Waals surface area contributed by atoms with Crippen molar-refractivity contribution < 1.29 is 14.3 Å². The van der Waals surface area contributed by atoms with Crippen LogP contribution in [-0.4, -0.2) is 15.6 Å². The Morgan fingerprint density at radius 2 is 1.83 bits per heavy atom. The monoisotopic (exact) mass is 485 g/mol. The van der Waals surface area contributed by atoms with Crippen molar-refractivity contribution in [1.29, 1.82) is 0 Å². The number of hydrogen-bond acceptors (Lipinski definition) is 6. The third kappa shape index (κ3) is 4.13. The smallest absolute Gasteiger partial charge is 0.271 e. The molecule has 1 atom stereocenters. The van der Waals surface area contributed by atoms with Crippen molar-refractivity contribution in [2.75, 3.05) is 5.32 Å². The van der Waals surface area contributed by atoms with Gasteiger partial charge in [0, 0.05) is 11.3 Å². The average Bonchev–Trinajstić information content (AvgIpc) is 3.39. The summed E-state index contributed by atoms with van der Waals surface area (Å²) >= 11 is 1.20. The van der Waals surface area contributed by atoms with Gasteiger partial charge in [-0.05, 0) is 56.7 Å². The van der Waals surface area contributed by atoms with E-state index in [2.05, 4.69) is 10.3 Å². The Kier molecular flexibility index (Phi) is 5.74. The van der Waals surface area contributed by atoms with E-state index in [-0.39, 0.29) is 17.2 Å². The van der Waals surface area contributed by atoms with Crippen molar-refractivity contribution in [2.24, 2.45) is 4.99 Å². The van der Waals surface area contributed by atoms with E-state index in [0.29, 0.717) is 43.4 Å². The lowest BCUT2D eigenvalue weighted by molar-refractivity contribution is -0.113. The van der Waals surface area contributed by atoms with Crippen molar-refractivity contribution in [1.82, 2.24) is 4.57 Å². The van der Waals surface area contributed by atoms with Crippen molar-refractivity contribution >= 4 is 29.0 Å². The number of benzene rings is 2. The number of rotatable bonds is 4. The maximum absolute atomic E-state index is 13.6. The van der Waals surface area contributed by atoms with Crippen molar-refractivity contribution in [3.8, 4) is 5.75 Å². The standard InChI is InChI=1S/C27H23N3O4S/c1-15-8-4-6-10-19(15)29-25(32)23-17(3)28-27-30(24(23)21-13-12-16(2)34-21)26(33)22(35-27)14-18-9-5-7-11-20(18)31/h4-14,24,31H,1-3H3,(H,29,32)/b22-14-. The van der Waals surface area contributed by atoms with Crippen molar-refractivity contribution in [2.45, 2.75) is 26.8 Å². The number of aryl methyl sites for hydroxylation is 2. The fourth-order valence-electron chi connectivity index (χ4n) is 4.13. The number of phenolic OH excluding ortho intramolecular Hbond substituents is 1. The molecule has 0 radical (unpaired) electrons. The highest BCUT2D eigenvalue weighted by molar-refractivity contribution is 7.07. The molecule has 0 spiro atoms. The van der Waals surface area contributed by atoms with Gasteiger partial charge in [0.1, 0.15) is 23.3 Å². The Bertz CT molecular complexity index is 1670. The molecule has 0 fully saturated rings. The van der Waals surface area contributed by atoms with Crippen LogP contribution in [0.25, 0.3) is 6.08 Å². The third-order valence-corrected chi connectivity index (χ3v) is 6.90. The Hall–Kier alpha value is -4.17. The summed E-state index contributed by atoms with van der Waals surface area (Å²) in [7, 11) is 0. The lowest BCUT2D eigenvalue weighted by atomic mass is 10.00. The van der Waals surface area contributed by atoms with Crippen LogP contribution < -0.4 is 20.2 Å². The lowest BCUT2D eigenvalue weighted by Crippen LogP contribution is -2.40. The van der Waals surface area contributed by atoms with Crippen LogP contribution in [0.4, 0.5) is 5.69 Å². The molecule has 0 saturated heterocycles. The second-order valence-electron chi connectivity index (χ2n) is 8.36. The summed E-state index contributed by atoms with van der Waals surface area (Å²) in [6.45, 7) is 5.49. The van der Waals surface area contributed by atoms with Gasteiger partial charge in [-0.2, -0.15) is 0 Å². The van der Waals surface area contributed by atoms with Gasteiger partial charge in [0.05, 0.1) is 15.8 Å². The van der Waals surface area contributed by atoms with Gasteiger partial charge in [0.15, 0.2) is 4.80 Å². The molecule has 2 aromatic heterocycles. The summed E-state index contributed by atoms with van der Waals surface area (Å²) in [6, 6.07) is 17.1. The zero-order valence-corrected chi connectivity index (χ0v) is 20.2. The first-order valence-electron chi connectivity index (χ1n) is 11.1. The predicted octanol–water partition coefficient (Wildman–Crippen LogP) is 3.79. The Morgan fingerprint density at radius 1 is 1.09 bits per heavy atom. The number of allylic oxidation sites excluding steroid dienone is 1. The van der Waals surface area contributed by atoms with Crippen LogP contribution in [0.1, 0.15) is 35.6 Å². The highest BCUT2D eigenvalue weighted by Crippen LogP contribution is 2.32. The van der Waals surface area contributed by atoms with E-state index in [1.54, 1.807) is 49.4 Å². The highest BCUT2D eigenvalue weighted by Gasteiger charge is 2.34. The number of para-hydroxylation sites is 2. The van der Waals surface area contributed by atoms with Crippen LogP contribution in [-0.2, 0) is 4.79 Å². The highest BCUT2D eigenvalue weighted by atomic mass is 32.1. The maximum atomic E-state index is 13.6. The van der Waals surface area contributed by atoms with Gasteiger partial charge < -0.3 is 14.8 Å². The molecule has 35 heavy (non-hydrogen) atoms. The van der Waals surface area contributed by atoms with Crippen LogP contribution in [0.3, 0.4) is 0 Å². The van der Waals surface area contributed by atoms with Gasteiger partial charge in [-0.25, -0.2) is 4.99 Å². The number of thiazole rings is 1. The van der Waals surface area contributed by atoms with Crippen LogP contribution >= 0.6 is 11.3 Å². The van der Waals surface area contributed by atoms with Crippen LogP contribution in [0, 0.1) is 13.8 Å². The van der Waals surface area contributed by atoms with Gasteiger partial charge >= 0.3 is 0 Å². The first-order chi connectivity index (χ1) is 16.8. The van der Waals surface area contributed by atoms with E-state index >= 15 is 0 Å². The van der Waals surface area contributed by atoms with Gasteiger partial charge in [-0.3, -0.25) is 14.2 Å². The van der Waals surface area contributed by atoms with Crippen LogP contribution in [0.5, 0.6) is 5.75 Å². The number of hydrogen-bond donors (Lipinski definition) is 2. The number of nitrogens with zero attached hydrogens (tertiary/aromatic N) is 2. The molecule has 2 N–H and O–H groups in total. The van der Waals surface area contributed by atoms with E-state index in [4.69, 9.17) is 4.42 Å². The number of fused-ring (bicyclic) bond motifs is 1. The fraction of sp³-hybridized carbons (Fsp3) is 0.148. The Morgan fingerprint density at radius 3 is 2.54 bits per heavy atom. The van der Waals surface area contributed by atoms with E-state index in [0.717, 1.165) is 5.56 Å². The number of carbonyl (C=O) groups is 1. The lowest BCUT2D eigenvalue weighted by Gasteiger charge is -2.23. The minimum Gasteiger partial charge on any atom is -0.507 e. The molecule has 3 heterocycles. The molecule has 7 nitrogen and oxygen atoms in total. The van der Waals surface area contributed by atoms with E-state index in [1.807, 2.05) is 38.1 Å². The quantitative estimate of drug-likeness (QED) is 0.460. The summed E-state index contributed by atoms with van der Waals surface area (Å²) in [5, 5.41) is 13.2. The maximum Gasteiger partial charge on any atom is 0.271 e. The molecule has 4 aromatic rings. The Labute approximate surface area is 205 Å². The average molecular weight is 486 g/mol. The molecular formula is C27H23N3O4S. The summed E-state index contributed by atoms with van der Waals surface area (Å²) in [6.07, 6.45) is 1.63. The first kappa shape index (κ1) is 22.6. The van der Waals surface area contributed by atoms with Gasteiger partial charge in [0.25, 0.3) is 11.5 Å². The second-order valence-corrected chi connectivity index (χ2v) is 9.37. The number of furan rings is 1. The number of phenols is 1. The summed E-state index contributed by atoms with van der Waals surface area (Å²) in [4.78, 5) is 32.2. The molecule has 0 saturated carbocycles. The predicted molar refractivity (Wildman–Crippen MR) is 135 cm³/mol. The molecule has 1 aliphatic heterocycles. The van der Waals surface area contributed by atoms with Crippen LogP contribution in [0.2, 0.25) is 0 Å². The number of amides is 1. The zero-order valence-electron chi connectivity index (χ0n) is 19.4. The number of aromatic nitrogens is 1. The minimum absolute atomic E-state index is 0.0750.